The van der Waals surface area contributed by atoms with E-state index >= 15 is 0 Å². The Hall–Kier alpha value is -0.760. The summed E-state index contributed by atoms with van der Waals surface area (Å²) in [6.45, 7) is 4.09. The van der Waals surface area contributed by atoms with E-state index in [0.717, 1.165) is 13.3 Å². The molecule has 26 heavy (non-hydrogen) atoms. The smallest absolute Gasteiger partial charge is 0.303 e. The van der Waals surface area contributed by atoms with Crippen LogP contribution in [-0.4, -0.2) is 50.7 Å². The maximum absolute atomic E-state index is 11.3. The van der Waals surface area contributed by atoms with Crippen LogP contribution in [0.3, 0.4) is 0 Å². The van der Waals surface area contributed by atoms with Crippen molar-refractivity contribution in [1.82, 2.24) is 0 Å². The van der Waals surface area contributed by atoms with E-state index in [1.807, 2.05) is 0 Å². The van der Waals surface area contributed by atoms with Crippen LogP contribution in [0.1, 0.15) is 39.5 Å². The van der Waals surface area contributed by atoms with Crippen molar-refractivity contribution in [2.24, 2.45) is 0 Å². The summed E-state index contributed by atoms with van der Waals surface area (Å²) in [5, 5.41) is 0. The molecular formula is C14H26O10P2-2. The van der Waals surface area contributed by atoms with Crippen molar-refractivity contribution in [2.45, 2.75) is 51.7 Å². The summed E-state index contributed by atoms with van der Waals surface area (Å²) in [6, 6.07) is 0. The molecule has 0 bridgehead atoms. The molecular weight excluding hydrogens is 390 g/mol. The van der Waals surface area contributed by atoms with Gasteiger partial charge in [0.05, 0.1) is 13.2 Å². The molecule has 0 rings (SSSR count). The Morgan fingerprint density at radius 1 is 0.808 bits per heavy atom. The zero-order chi connectivity index (χ0) is 20.4. The van der Waals surface area contributed by atoms with Gasteiger partial charge in [-0.2, -0.15) is 0 Å². The van der Waals surface area contributed by atoms with E-state index < -0.39 is 39.3 Å². The predicted octanol–water partition coefficient (Wildman–Crippen LogP) is 0.810. The summed E-state index contributed by atoms with van der Waals surface area (Å²) >= 11 is 0. The number of hydrogen-bond donors (Lipinski definition) is 0. The van der Waals surface area contributed by atoms with Gasteiger partial charge in [0.15, 0.2) is 0 Å². The van der Waals surface area contributed by atoms with E-state index in [4.69, 9.17) is 9.47 Å². The number of esters is 2. The second-order valence-corrected chi connectivity index (χ2v) is 9.39. The first-order chi connectivity index (χ1) is 11.8. The zero-order valence-electron chi connectivity index (χ0n) is 15.4. The molecule has 0 fully saturated rings. The standard InChI is InChI=1S/C14H28O10P2/c1-11(15)23-13(7-5-9-21-25(3,17)18)14(24-12(2)16)8-6-10-22-26(4,19)20/h13-14H,5-10H2,1-4H3,(H,17,18)(H,19,20)/p-2. The van der Waals surface area contributed by atoms with Crippen LogP contribution in [0, 0.1) is 0 Å². The Morgan fingerprint density at radius 2 is 1.12 bits per heavy atom. The minimum Gasteiger partial charge on any atom is -0.779 e. The average molecular weight is 416 g/mol. The minimum atomic E-state index is -3.85. The van der Waals surface area contributed by atoms with Crippen LogP contribution < -0.4 is 9.79 Å². The highest BCUT2D eigenvalue weighted by Gasteiger charge is 2.27. The van der Waals surface area contributed by atoms with Crippen LogP contribution in [-0.2, 0) is 37.2 Å². The van der Waals surface area contributed by atoms with Crippen molar-refractivity contribution in [3.05, 3.63) is 0 Å². The van der Waals surface area contributed by atoms with E-state index in [1.54, 1.807) is 0 Å². The topological polar surface area (TPSA) is 151 Å². The van der Waals surface area contributed by atoms with E-state index in [9.17, 15) is 28.5 Å². The van der Waals surface area contributed by atoms with E-state index in [2.05, 4.69) is 9.05 Å². The molecule has 154 valence electrons. The second-order valence-electron chi connectivity index (χ2n) is 5.79. The van der Waals surface area contributed by atoms with Crippen LogP contribution in [0.2, 0.25) is 0 Å². The van der Waals surface area contributed by atoms with Crippen molar-refractivity contribution in [2.75, 3.05) is 26.5 Å². The molecule has 0 aromatic carbocycles. The molecule has 0 amide bonds. The third-order valence-electron chi connectivity index (χ3n) is 2.97. The number of carbonyl (C=O) groups excluding carboxylic acids is 2. The molecule has 0 aromatic rings. The van der Waals surface area contributed by atoms with Gasteiger partial charge in [0.2, 0.25) is 0 Å². The van der Waals surface area contributed by atoms with Gasteiger partial charge in [-0.25, -0.2) is 0 Å². The first-order valence-electron chi connectivity index (χ1n) is 8.00. The van der Waals surface area contributed by atoms with Gasteiger partial charge in [-0.05, 0) is 25.7 Å². The molecule has 0 aliphatic heterocycles. The van der Waals surface area contributed by atoms with E-state index in [-0.39, 0.29) is 38.9 Å². The quantitative estimate of drug-likeness (QED) is 0.239. The Balaban J connectivity index is 4.76. The highest BCUT2D eigenvalue weighted by Crippen LogP contribution is 2.32. The van der Waals surface area contributed by atoms with Crippen LogP contribution in [0.25, 0.3) is 0 Å². The van der Waals surface area contributed by atoms with Gasteiger partial charge in [0.25, 0.3) is 0 Å². The normalized spacial score (nSPS) is 18.2. The molecule has 10 nitrogen and oxygen atoms in total. The third kappa shape index (κ3) is 15.5. The molecule has 0 N–H and O–H groups in total. The summed E-state index contributed by atoms with van der Waals surface area (Å²) in [5.74, 6) is -1.18. The molecule has 0 spiro atoms. The molecule has 0 heterocycles. The number of ether oxygens (including phenoxy) is 2. The lowest BCUT2D eigenvalue weighted by molar-refractivity contribution is -0.198. The molecule has 4 unspecified atom stereocenters. The maximum Gasteiger partial charge on any atom is 0.303 e. The predicted molar refractivity (Wildman–Crippen MR) is 88.5 cm³/mol. The van der Waals surface area contributed by atoms with Crippen molar-refractivity contribution in [3.8, 4) is 0 Å². The fourth-order valence-electron chi connectivity index (χ4n) is 2.10. The molecule has 0 saturated heterocycles. The fourth-order valence-corrected chi connectivity index (χ4v) is 3.02. The van der Waals surface area contributed by atoms with Crippen LogP contribution in [0.15, 0.2) is 0 Å². The molecule has 0 aliphatic carbocycles. The number of hydrogen-bond acceptors (Lipinski definition) is 10. The van der Waals surface area contributed by atoms with Crippen molar-refractivity contribution < 1.29 is 47.0 Å². The lowest BCUT2D eigenvalue weighted by Gasteiger charge is -2.27. The summed E-state index contributed by atoms with van der Waals surface area (Å²) in [5.41, 5.74) is 0. The molecule has 12 heteroatoms. The summed E-state index contributed by atoms with van der Waals surface area (Å²) in [7, 11) is -7.71. The lowest BCUT2D eigenvalue weighted by Crippen LogP contribution is -2.35. The molecule has 0 aromatic heterocycles. The molecule has 0 radical (unpaired) electrons. The Morgan fingerprint density at radius 3 is 1.35 bits per heavy atom. The van der Waals surface area contributed by atoms with Gasteiger partial charge >= 0.3 is 11.9 Å². The SMILES string of the molecule is CC(=O)OC(CCCOP(C)(=O)[O-])C(CCCOP(C)(=O)[O-])OC(C)=O. The second kappa shape index (κ2) is 11.8. The lowest BCUT2D eigenvalue weighted by atomic mass is 10.0. The molecule has 0 saturated carbocycles. The molecule has 4 atom stereocenters. The van der Waals surface area contributed by atoms with E-state index in [1.165, 1.54) is 13.8 Å². The van der Waals surface area contributed by atoms with Crippen molar-refractivity contribution in [1.29, 1.82) is 0 Å². The Bertz CT molecular complexity index is 490. The van der Waals surface area contributed by atoms with Crippen molar-refractivity contribution in [3.63, 3.8) is 0 Å². The minimum absolute atomic E-state index is 0.0971. The van der Waals surface area contributed by atoms with Crippen molar-refractivity contribution >= 4 is 27.1 Å². The van der Waals surface area contributed by atoms with E-state index in [0.29, 0.717) is 0 Å². The third-order valence-corrected chi connectivity index (χ3v) is 4.27. The summed E-state index contributed by atoms with van der Waals surface area (Å²) < 4.78 is 41.6. The van der Waals surface area contributed by atoms with Gasteiger partial charge in [0, 0.05) is 27.2 Å². The zero-order valence-corrected chi connectivity index (χ0v) is 17.2. The average Bonchev–Trinajstić information content (AvgIpc) is 2.42. The fraction of sp³-hybridized carbons (Fsp3) is 0.857. The maximum atomic E-state index is 11.3. The molecule has 0 aliphatic rings. The highest BCUT2D eigenvalue weighted by molar-refractivity contribution is 7.50. The van der Waals surface area contributed by atoms with Crippen LogP contribution >= 0.6 is 15.2 Å². The Labute approximate surface area is 153 Å². The van der Waals surface area contributed by atoms with Gasteiger partial charge in [-0.15, -0.1) is 0 Å². The van der Waals surface area contributed by atoms with Gasteiger partial charge in [-0.1, -0.05) is 0 Å². The largest absolute Gasteiger partial charge is 0.779 e. The summed E-state index contributed by atoms with van der Waals surface area (Å²) in [6.07, 6.45) is -0.737. The number of carbonyl (C=O) groups is 2. The van der Waals surface area contributed by atoms with Crippen LogP contribution in [0.5, 0.6) is 0 Å². The first-order valence-corrected chi connectivity index (χ1v) is 12.0. The highest BCUT2D eigenvalue weighted by atomic mass is 31.2. The number of rotatable bonds is 13. The Kier molecular flexibility index (Phi) is 11.5. The van der Waals surface area contributed by atoms with Crippen LogP contribution in [0.4, 0.5) is 0 Å². The first kappa shape index (κ1) is 25.2. The van der Waals surface area contributed by atoms with Gasteiger partial charge in [-0.3, -0.25) is 9.59 Å². The summed E-state index contributed by atoms with van der Waals surface area (Å²) in [4.78, 5) is 44.6. The monoisotopic (exact) mass is 416 g/mol. The van der Waals surface area contributed by atoms with Gasteiger partial charge < -0.3 is 37.4 Å². The van der Waals surface area contributed by atoms with Gasteiger partial charge in [0.1, 0.15) is 27.4 Å².